The highest BCUT2D eigenvalue weighted by atomic mass is 32.2. The van der Waals surface area contributed by atoms with Gasteiger partial charge in [-0.2, -0.15) is 4.31 Å². The van der Waals surface area contributed by atoms with E-state index in [0.717, 1.165) is 5.69 Å². The van der Waals surface area contributed by atoms with Crippen LogP contribution in [0.4, 0.5) is 0 Å². The molecular weight excluding hydrogens is 356 g/mol. The average molecular weight is 376 g/mol. The van der Waals surface area contributed by atoms with E-state index >= 15 is 0 Å². The molecule has 0 N–H and O–H groups in total. The molecule has 4 rings (SSSR count). The number of sulfonamides is 1. The summed E-state index contributed by atoms with van der Waals surface area (Å²) in [4.78, 5) is 4.51. The van der Waals surface area contributed by atoms with Gasteiger partial charge in [0.05, 0.1) is 11.4 Å². The smallest absolute Gasteiger partial charge is 0.243 e. The Balaban J connectivity index is 1.49. The molecule has 0 radical (unpaired) electrons. The Bertz CT molecular complexity index is 916. The Hall–Kier alpha value is -2.32. The molecule has 0 spiro atoms. The van der Waals surface area contributed by atoms with Crippen molar-refractivity contribution in [3.05, 3.63) is 42.1 Å². The number of ether oxygens (including phenoxy) is 3. The Kier molecular flexibility index (Phi) is 4.46. The molecule has 8 heteroatoms. The van der Waals surface area contributed by atoms with Gasteiger partial charge in [0, 0.05) is 24.4 Å². The number of aryl methyl sites for hydroxylation is 1. The molecule has 7 nitrogen and oxygen atoms in total. The highest BCUT2D eigenvalue weighted by Crippen LogP contribution is 2.34. The number of hydrogen-bond acceptors (Lipinski definition) is 6. The first kappa shape index (κ1) is 17.1. The van der Waals surface area contributed by atoms with Crippen LogP contribution in [0.5, 0.6) is 17.4 Å². The fraction of sp³-hybridized carbons (Fsp3) is 0.389. The third kappa shape index (κ3) is 3.34. The Labute approximate surface area is 152 Å². The first-order valence-corrected chi connectivity index (χ1v) is 9.96. The zero-order chi connectivity index (χ0) is 18.1. The van der Waals surface area contributed by atoms with Crippen LogP contribution in [-0.2, 0) is 10.0 Å². The van der Waals surface area contributed by atoms with Gasteiger partial charge in [-0.3, -0.25) is 0 Å². The maximum atomic E-state index is 12.9. The Morgan fingerprint density at radius 1 is 1.15 bits per heavy atom. The third-order valence-corrected chi connectivity index (χ3v) is 6.27. The van der Waals surface area contributed by atoms with Gasteiger partial charge in [-0.1, -0.05) is 6.07 Å². The number of benzene rings is 1. The van der Waals surface area contributed by atoms with Crippen LogP contribution >= 0.6 is 0 Å². The number of aromatic nitrogens is 1. The molecule has 1 aromatic carbocycles. The predicted octanol–water partition coefficient (Wildman–Crippen LogP) is 2.00. The summed E-state index contributed by atoms with van der Waals surface area (Å²) in [7, 11) is -3.61. The van der Waals surface area contributed by atoms with Crippen molar-refractivity contribution in [1.82, 2.24) is 9.29 Å². The monoisotopic (exact) mass is 376 g/mol. The van der Waals surface area contributed by atoms with Gasteiger partial charge in [0.1, 0.15) is 19.3 Å². The van der Waals surface area contributed by atoms with Crippen molar-refractivity contribution >= 4 is 10.0 Å². The van der Waals surface area contributed by atoms with Crippen LogP contribution in [0.1, 0.15) is 12.1 Å². The minimum absolute atomic E-state index is 0.205. The van der Waals surface area contributed by atoms with E-state index in [1.165, 1.54) is 10.4 Å². The van der Waals surface area contributed by atoms with E-state index < -0.39 is 10.0 Å². The Morgan fingerprint density at radius 3 is 2.77 bits per heavy atom. The third-order valence-electron chi connectivity index (χ3n) is 4.41. The van der Waals surface area contributed by atoms with Crippen LogP contribution in [0.15, 0.2) is 41.3 Å². The summed E-state index contributed by atoms with van der Waals surface area (Å²) in [5, 5.41) is 0. The number of rotatable bonds is 4. The lowest BCUT2D eigenvalue weighted by molar-refractivity contribution is 0.171. The molecule has 1 atom stereocenters. The molecule has 138 valence electrons. The molecule has 26 heavy (non-hydrogen) atoms. The molecule has 0 bridgehead atoms. The maximum absolute atomic E-state index is 12.9. The summed E-state index contributed by atoms with van der Waals surface area (Å²) in [5.74, 6) is 1.56. The van der Waals surface area contributed by atoms with E-state index in [1.807, 2.05) is 19.1 Å². The van der Waals surface area contributed by atoms with Gasteiger partial charge < -0.3 is 14.2 Å². The quantitative estimate of drug-likeness (QED) is 0.812. The van der Waals surface area contributed by atoms with Crippen LogP contribution in [0, 0.1) is 6.92 Å². The summed E-state index contributed by atoms with van der Waals surface area (Å²) >= 11 is 0. The molecule has 0 saturated carbocycles. The van der Waals surface area contributed by atoms with E-state index in [1.54, 1.807) is 18.2 Å². The molecule has 1 aromatic heterocycles. The molecule has 3 heterocycles. The lowest BCUT2D eigenvalue weighted by Crippen LogP contribution is -2.31. The van der Waals surface area contributed by atoms with Crippen LogP contribution < -0.4 is 14.2 Å². The van der Waals surface area contributed by atoms with E-state index in [2.05, 4.69) is 4.98 Å². The SMILES string of the molecule is Cc1cccc(OC2CCN(S(=O)(=O)c3ccc4c(c3)OCCO4)C2)n1. The van der Waals surface area contributed by atoms with Crippen molar-refractivity contribution in [2.45, 2.75) is 24.3 Å². The first-order chi connectivity index (χ1) is 12.5. The summed E-state index contributed by atoms with van der Waals surface area (Å²) in [6.07, 6.45) is 0.413. The van der Waals surface area contributed by atoms with Crippen LogP contribution in [-0.4, -0.2) is 50.1 Å². The topological polar surface area (TPSA) is 78.0 Å². The fourth-order valence-electron chi connectivity index (χ4n) is 3.10. The summed E-state index contributed by atoms with van der Waals surface area (Å²) in [6, 6.07) is 10.3. The molecule has 1 unspecified atom stereocenters. The Morgan fingerprint density at radius 2 is 1.96 bits per heavy atom. The fourth-order valence-corrected chi connectivity index (χ4v) is 4.60. The lowest BCUT2D eigenvalue weighted by Gasteiger charge is -2.21. The van der Waals surface area contributed by atoms with Crippen molar-refractivity contribution in [3.8, 4) is 17.4 Å². The number of fused-ring (bicyclic) bond motifs is 1. The second-order valence-electron chi connectivity index (χ2n) is 6.31. The van der Waals surface area contributed by atoms with Gasteiger partial charge in [-0.15, -0.1) is 0 Å². The zero-order valence-corrected chi connectivity index (χ0v) is 15.2. The van der Waals surface area contributed by atoms with Crippen molar-refractivity contribution < 1.29 is 22.6 Å². The molecule has 1 saturated heterocycles. The highest BCUT2D eigenvalue weighted by Gasteiger charge is 2.34. The number of nitrogens with zero attached hydrogens (tertiary/aromatic N) is 2. The summed E-state index contributed by atoms with van der Waals surface area (Å²) in [6.45, 7) is 3.48. The average Bonchev–Trinajstić information content (AvgIpc) is 3.10. The maximum Gasteiger partial charge on any atom is 0.243 e. The van der Waals surface area contributed by atoms with Crippen LogP contribution in [0.3, 0.4) is 0 Å². The molecule has 2 aromatic rings. The minimum atomic E-state index is -3.61. The van der Waals surface area contributed by atoms with Crippen molar-refractivity contribution in [2.24, 2.45) is 0 Å². The molecule has 2 aliphatic heterocycles. The van der Waals surface area contributed by atoms with Gasteiger partial charge in [-0.05, 0) is 31.5 Å². The number of hydrogen-bond donors (Lipinski definition) is 0. The van der Waals surface area contributed by atoms with Gasteiger partial charge in [0.15, 0.2) is 11.5 Å². The largest absolute Gasteiger partial charge is 0.486 e. The highest BCUT2D eigenvalue weighted by molar-refractivity contribution is 7.89. The summed E-state index contributed by atoms with van der Waals surface area (Å²) < 4.78 is 44.1. The van der Waals surface area contributed by atoms with Crippen molar-refractivity contribution in [3.63, 3.8) is 0 Å². The van der Waals surface area contributed by atoms with Gasteiger partial charge >= 0.3 is 0 Å². The van der Waals surface area contributed by atoms with Gasteiger partial charge in [0.2, 0.25) is 15.9 Å². The van der Waals surface area contributed by atoms with E-state index in [0.29, 0.717) is 50.1 Å². The second-order valence-corrected chi connectivity index (χ2v) is 8.25. The van der Waals surface area contributed by atoms with E-state index in [4.69, 9.17) is 14.2 Å². The van der Waals surface area contributed by atoms with Gasteiger partial charge in [0.25, 0.3) is 0 Å². The molecule has 0 amide bonds. The number of pyridine rings is 1. The minimum Gasteiger partial charge on any atom is -0.486 e. The van der Waals surface area contributed by atoms with Gasteiger partial charge in [-0.25, -0.2) is 13.4 Å². The van der Waals surface area contributed by atoms with Crippen molar-refractivity contribution in [1.29, 1.82) is 0 Å². The molecular formula is C18H20N2O5S. The zero-order valence-electron chi connectivity index (χ0n) is 14.4. The molecule has 2 aliphatic rings. The van der Waals surface area contributed by atoms with Crippen molar-refractivity contribution in [2.75, 3.05) is 26.3 Å². The van der Waals surface area contributed by atoms with Crippen LogP contribution in [0.25, 0.3) is 0 Å². The lowest BCUT2D eigenvalue weighted by atomic mass is 10.3. The van der Waals surface area contributed by atoms with E-state index in [-0.39, 0.29) is 11.0 Å². The second kappa shape index (κ2) is 6.77. The molecule has 0 aliphatic carbocycles. The first-order valence-electron chi connectivity index (χ1n) is 8.52. The summed E-state index contributed by atoms with van der Waals surface area (Å²) in [5.41, 5.74) is 0.862. The predicted molar refractivity (Wildman–Crippen MR) is 94.2 cm³/mol. The standard InChI is InChI=1S/C18H20N2O5S/c1-13-3-2-4-18(19-13)25-14-7-8-20(12-14)26(21,22)15-5-6-16-17(11-15)24-10-9-23-16/h2-6,11,14H,7-10,12H2,1H3. The normalized spacial score (nSPS) is 20.1. The van der Waals surface area contributed by atoms with Crippen LogP contribution in [0.2, 0.25) is 0 Å². The molecule has 1 fully saturated rings. The van der Waals surface area contributed by atoms with E-state index in [9.17, 15) is 8.42 Å².